The van der Waals surface area contributed by atoms with Crippen LogP contribution in [-0.2, 0) is 16.4 Å². The number of carbonyl (C=O) groups is 2. The fraction of sp³-hybridized carbons (Fsp3) is 0.103. The summed E-state index contributed by atoms with van der Waals surface area (Å²) in [5, 5.41) is 3.24. The lowest BCUT2D eigenvalue weighted by molar-refractivity contribution is 0.0979. The first-order valence-corrected chi connectivity index (χ1v) is 13.4. The van der Waals surface area contributed by atoms with Gasteiger partial charge >= 0.3 is 0 Å². The number of fused-ring (bicyclic) bond motifs is 2. The summed E-state index contributed by atoms with van der Waals surface area (Å²) in [5.41, 5.74) is 3.81. The van der Waals surface area contributed by atoms with Crippen LogP contribution in [0.5, 0.6) is 0 Å². The number of halogens is 1. The summed E-state index contributed by atoms with van der Waals surface area (Å²) in [6, 6.07) is 23.1. The summed E-state index contributed by atoms with van der Waals surface area (Å²) in [7, 11) is -4.03. The van der Waals surface area contributed by atoms with Gasteiger partial charge in [-0.3, -0.25) is 9.59 Å². The number of nitrogens with one attached hydrogen (secondary N) is 1. The van der Waals surface area contributed by atoms with Gasteiger partial charge in [0.05, 0.1) is 27.6 Å². The smallest absolute Gasteiger partial charge is 0.259 e. The fourth-order valence-electron chi connectivity index (χ4n) is 4.42. The molecule has 1 aliphatic rings. The summed E-state index contributed by atoms with van der Waals surface area (Å²) < 4.78 is 27.4. The van der Waals surface area contributed by atoms with Crippen LogP contribution in [0.2, 0.25) is 5.02 Å². The van der Waals surface area contributed by atoms with Gasteiger partial charge in [0.2, 0.25) is 9.84 Å². The Morgan fingerprint density at radius 3 is 2.46 bits per heavy atom. The number of anilines is 2. The summed E-state index contributed by atoms with van der Waals surface area (Å²) >= 11 is 6.04. The number of aryl methyl sites for hydroxylation is 2. The highest BCUT2D eigenvalue weighted by molar-refractivity contribution is 7.91. The van der Waals surface area contributed by atoms with Crippen LogP contribution in [-0.4, -0.2) is 20.2 Å². The molecule has 1 N–H and O–H groups in total. The van der Waals surface area contributed by atoms with E-state index in [4.69, 9.17) is 11.6 Å². The van der Waals surface area contributed by atoms with E-state index < -0.39 is 21.7 Å². The maximum absolute atomic E-state index is 13.8. The number of carbonyl (C=O) groups excluding carboxylic acids is 2. The molecule has 0 unspecified atom stereocenters. The molecule has 0 aromatic heterocycles. The van der Waals surface area contributed by atoms with E-state index in [0.717, 1.165) is 16.7 Å². The van der Waals surface area contributed by atoms with Crippen LogP contribution >= 0.6 is 11.6 Å². The molecule has 186 valence electrons. The van der Waals surface area contributed by atoms with Crippen LogP contribution in [0.3, 0.4) is 0 Å². The molecule has 0 atom stereocenters. The van der Waals surface area contributed by atoms with Gasteiger partial charge in [0, 0.05) is 16.3 Å². The summed E-state index contributed by atoms with van der Waals surface area (Å²) in [6.07, 6.45) is 0. The lowest BCUT2D eigenvalue weighted by Gasteiger charge is -2.24. The van der Waals surface area contributed by atoms with Crippen LogP contribution in [0.25, 0.3) is 0 Å². The van der Waals surface area contributed by atoms with Gasteiger partial charge < -0.3 is 10.2 Å². The maximum Gasteiger partial charge on any atom is 0.259 e. The van der Waals surface area contributed by atoms with Crippen molar-refractivity contribution in [2.24, 2.45) is 0 Å². The number of benzene rings is 4. The minimum Gasteiger partial charge on any atom is -0.322 e. The van der Waals surface area contributed by atoms with Crippen molar-refractivity contribution in [3.05, 3.63) is 118 Å². The second-order valence-corrected chi connectivity index (χ2v) is 11.3. The van der Waals surface area contributed by atoms with Crippen LogP contribution in [0, 0.1) is 13.8 Å². The topological polar surface area (TPSA) is 83.6 Å². The van der Waals surface area contributed by atoms with Crippen LogP contribution in [0.15, 0.2) is 94.7 Å². The third-order valence-corrected chi connectivity index (χ3v) is 8.46. The molecule has 4 aromatic carbocycles. The Balaban J connectivity index is 1.66. The molecule has 4 aromatic rings. The largest absolute Gasteiger partial charge is 0.322 e. The molecule has 0 radical (unpaired) electrons. The predicted molar refractivity (Wildman–Crippen MR) is 144 cm³/mol. The van der Waals surface area contributed by atoms with Crippen molar-refractivity contribution < 1.29 is 18.0 Å². The molecular formula is C29H23ClN2O4S. The molecule has 0 aliphatic carbocycles. The summed E-state index contributed by atoms with van der Waals surface area (Å²) in [6.45, 7) is 4.04. The first kappa shape index (κ1) is 24.7. The molecule has 0 bridgehead atoms. The zero-order chi connectivity index (χ0) is 26.3. The van der Waals surface area contributed by atoms with E-state index in [1.54, 1.807) is 36.4 Å². The lowest BCUT2D eigenvalue weighted by Crippen LogP contribution is -2.31. The van der Waals surface area contributed by atoms with E-state index in [9.17, 15) is 18.0 Å². The van der Waals surface area contributed by atoms with Crippen molar-refractivity contribution >= 4 is 44.6 Å². The molecule has 0 saturated heterocycles. The van der Waals surface area contributed by atoms with Gasteiger partial charge in [0.25, 0.3) is 11.8 Å². The van der Waals surface area contributed by atoms with Crippen LogP contribution in [0.4, 0.5) is 11.4 Å². The Hall–Kier alpha value is -3.94. The van der Waals surface area contributed by atoms with Crippen molar-refractivity contribution in [3.8, 4) is 0 Å². The van der Waals surface area contributed by atoms with Gasteiger partial charge in [0.15, 0.2) is 0 Å². The Bertz CT molecular complexity index is 1680. The normalized spacial score (nSPS) is 13.9. The number of amides is 2. The third kappa shape index (κ3) is 4.63. The molecule has 0 fully saturated rings. The number of hydrogen-bond acceptors (Lipinski definition) is 4. The van der Waals surface area contributed by atoms with E-state index in [0.29, 0.717) is 10.7 Å². The Labute approximate surface area is 220 Å². The predicted octanol–water partition coefficient (Wildman–Crippen LogP) is 6.20. The summed E-state index contributed by atoms with van der Waals surface area (Å²) in [4.78, 5) is 28.3. The molecule has 1 aliphatic heterocycles. The minimum atomic E-state index is -4.03. The Morgan fingerprint density at radius 1 is 0.892 bits per heavy atom. The average molecular weight is 531 g/mol. The van der Waals surface area contributed by atoms with Crippen molar-refractivity contribution in [3.63, 3.8) is 0 Å². The third-order valence-electron chi connectivity index (χ3n) is 6.37. The molecular weight excluding hydrogens is 508 g/mol. The van der Waals surface area contributed by atoms with Crippen molar-refractivity contribution in [2.75, 3.05) is 10.2 Å². The lowest BCUT2D eigenvalue weighted by atomic mass is 10.0. The van der Waals surface area contributed by atoms with Gasteiger partial charge in [0.1, 0.15) is 0 Å². The highest BCUT2D eigenvalue weighted by Gasteiger charge is 2.36. The van der Waals surface area contributed by atoms with Gasteiger partial charge in [-0.05, 0) is 73.5 Å². The van der Waals surface area contributed by atoms with Gasteiger partial charge in [-0.2, -0.15) is 0 Å². The highest BCUT2D eigenvalue weighted by Crippen LogP contribution is 2.38. The van der Waals surface area contributed by atoms with Crippen molar-refractivity contribution in [2.45, 2.75) is 30.2 Å². The van der Waals surface area contributed by atoms with E-state index in [1.165, 1.54) is 35.2 Å². The number of rotatable bonds is 4. The maximum atomic E-state index is 13.8. The van der Waals surface area contributed by atoms with E-state index in [1.807, 2.05) is 32.0 Å². The molecule has 8 heteroatoms. The summed E-state index contributed by atoms with van der Waals surface area (Å²) in [5.74, 6) is -0.908. The minimum absolute atomic E-state index is 0.0320. The van der Waals surface area contributed by atoms with Crippen molar-refractivity contribution in [1.82, 2.24) is 0 Å². The van der Waals surface area contributed by atoms with E-state index >= 15 is 0 Å². The van der Waals surface area contributed by atoms with Crippen LogP contribution < -0.4 is 10.2 Å². The molecule has 0 spiro atoms. The van der Waals surface area contributed by atoms with E-state index in [2.05, 4.69) is 5.32 Å². The molecule has 2 amide bonds. The first-order chi connectivity index (χ1) is 17.6. The zero-order valence-electron chi connectivity index (χ0n) is 20.2. The number of hydrogen-bond donors (Lipinski definition) is 1. The quantitative estimate of drug-likeness (QED) is 0.340. The van der Waals surface area contributed by atoms with Crippen LogP contribution in [0.1, 0.15) is 37.4 Å². The second kappa shape index (κ2) is 9.50. The molecule has 1 heterocycles. The van der Waals surface area contributed by atoms with Crippen molar-refractivity contribution in [1.29, 1.82) is 0 Å². The Kier molecular flexibility index (Phi) is 6.35. The highest BCUT2D eigenvalue weighted by atomic mass is 35.5. The van der Waals surface area contributed by atoms with Gasteiger partial charge in [-0.25, -0.2) is 8.42 Å². The average Bonchev–Trinajstić information content (AvgIpc) is 2.94. The second-order valence-electron chi connectivity index (χ2n) is 8.97. The monoisotopic (exact) mass is 530 g/mol. The standard InChI is InChI=1S/C29H23ClN2O4S/c1-18-10-11-19(2)21(14-18)17-32-25-15-20(28(33)31-23-7-5-6-22(30)16-23)12-13-27(25)37(35,36)26-9-4-3-8-24(26)29(32)34/h3-16H,17H2,1-2H3,(H,31,33). The van der Waals surface area contributed by atoms with E-state index in [-0.39, 0.29) is 33.2 Å². The zero-order valence-corrected chi connectivity index (χ0v) is 21.7. The SMILES string of the molecule is Cc1ccc(C)c(CN2C(=O)c3ccccc3S(=O)(=O)c3ccc(C(=O)Nc4cccc(Cl)c4)cc32)c1. The molecule has 5 rings (SSSR count). The fourth-order valence-corrected chi connectivity index (χ4v) is 6.24. The molecule has 0 saturated carbocycles. The Morgan fingerprint density at radius 2 is 1.68 bits per heavy atom. The molecule has 37 heavy (non-hydrogen) atoms. The first-order valence-electron chi connectivity index (χ1n) is 11.6. The number of sulfone groups is 1. The van der Waals surface area contributed by atoms with Gasteiger partial charge in [-0.15, -0.1) is 0 Å². The molecule has 6 nitrogen and oxygen atoms in total. The number of nitrogens with zero attached hydrogens (tertiary/aromatic N) is 1. The van der Waals surface area contributed by atoms with Gasteiger partial charge in [-0.1, -0.05) is 53.6 Å².